The van der Waals surface area contributed by atoms with E-state index in [1.807, 2.05) is 0 Å². The first kappa shape index (κ1) is 12.1. The van der Waals surface area contributed by atoms with Crippen molar-refractivity contribution in [2.45, 2.75) is 6.54 Å². The number of rotatable bonds is 1. The molecule has 2 aromatic carbocycles. The molecule has 19 heavy (non-hydrogen) atoms. The Kier molecular flexibility index (Phi) is 2.75. The van der Waals surface area contributed by atoms with Gasteiger partial charge in [0.05, 0.1) is 0 Å². The van der Waals surface area contributed by atoms with Crippen molar-refractivity contribution in [2.24, 2.45) is 0 Å². The van der Waals surface area contributed by atoms with Crippen molar-refractivity contribution in [1.29, 1.82) is 0 Å². The minimum atomic E-state index is -0.686. The fraction of sp³-hybridized carbons (Fsp3) is 0.0714. The number of hydrogen-bond acceptors (Lipinski definition) is 1. The Hall–Kier alpha value is -1.94. The predicted octanol–water partition coefficient (Wildman–Crippen LogP) is 3.53. The molecule has 0 saturated carbocycles. The van der Waals surface area contributed by atoms with E-state index in [1.165, 1.54) is 12.1 Å². The van der Waals surface area contributed by atoms with E-state index < -0.39 is 11.6 Å². The average molecular weight is 280 g/mol. The number of halogens is 3. The zero-order valence-electron chi connectivity index (χ0n) is 9.64. The second-order valence-corrected chi connectivity index (χ2v) is 4.70. The maximum Gasteiger partial charge on any atom is 0.251 e. The summed E-state index contributed by atoms with van der Waals surface area (Å²) in [5, 5.41) is 3.05. The van der Waals surface area contributed by atoms with E-state index in [0.29, 0.717) is 28.3 Å². The van der Waals surface area contributed by atoms with Gasteiger partial charge in [-0.05, 0) is 29.8 Å². The fourth-order valence-electron chi connectivity index (χ4n) is 2.16. The van der Waals surface area contributed by atoms with E-state index in [2.05, 4.69) is 5.32 Å². The molecule has 0 bridgehead atoms. The monoisotopic (exact) mass is 279 g/mol. The van der Waals surface area contributed by atoms with E-state index in [0.717, 1.165) is 6.07 Å². The van der Waals surface area contributed by atoms with Gasteiger partial charge in [-0.15, -0.1) is 0 Å². The van der Waals surface area contributed by atoms with Gasteiger partial charge in [0, 0.05) is 34.3 Å². The van der Waals surface area contributed by atoms with Crippen molar-refractivity contribution in [3.63, 3.8) is 0 Å². The van der Waals surface area contributed by atoms with Crippen molar-refractivity contribution in [3.8, 4) is 11.1 Å². The number of amides is 1. The quantitative estimate of drug-likeness (QED) is 0.850. The van der Waals surface area contributed by atoms with E-state index in [4.69, 9.17) is 11.6 Å². The number of hydrogen-bond donors (Lipinski definition) is 1. The lowest BCUT2D eigenvalue weighted by atomic mass is 10.00. The van der Waals surface area contributed by atoms with Crippen LogP contribution in [0.15, 0.2) is 30.3 Å². The summed E-state index contributed by atoms with van der Waals surface area (Å²) >= 11 is 6.08. The summed E-state index contributed by atoms with van der Waals surface area (Å²) < 4.78 is 26.6. The highest BCUT2D eigenvalue weighted by atomic mass is 35.5. The molecule has 2 nitrogen and oxygen atoms in total. The maximum absolute atomic E-state index is 13.7. The van der Waals surface area contributed by atoms with Crippen LogP contribution in [0.5, 0.6) is 0 Å². The summed E-state index contributed by atoms with van der Waals surface area (Å²) in [4.78, 5) is 11.6. The van der Waals surface area contributed by atoms with Crippen molar-refractivity contribution >= 4 is 17.5 Å². The molecule has 1 heterocycles. The predicted molar refractivity (Wildman–Crippen MR) is 68.0 cm³/mol. The van der Waals surface area contributed by atoms with Crippen molar-refractivity contribution < 1.29 is 13.6 Å². The Balaban J connectivity index is 2.19. The van der Waals surface area contributed by atoms with Gasteiger partial charge in [0.1, 0.15) is 11.6 Å². The highest BCUT2D eigenvalue weighted by Gasteiger charge is 2.23. The van der Waals surface area contributed by atoms with Crippen molar-refractivity contribution in [2.75, 3.05) is 0 Å². The van der Waals surface area contributed by atoms with Crippen LogP contribution >= 0.6 is 11.6 Å². The van der Waals surface area contributed by atoms with E-state index >= 15 is 0 Å². The Morgan fingerprint density at radius 1 is 1.11 bits per heavy atom. The third-order valence-electron chi connectivity index (χ3n) is 3.11. The summed E-state index contributed by atoms with van der Waals surface area (Å²) in [7, 11) is 0. The normalized spacial score (nSPS) is 13.3. The van der Waals surface area contributed by atoms with Crippen LogP contribution in [-0.2, 0) is 6.54 Å². The molecule has 0 atom stereocenters. The highest BCUT2D eigenvalue weighted by molar-refractivity contribution is 6.32. The van der Waals surface area contributed by atoms with Gasteiger partial charge in [-0.1, -0.05) is 11.6 Å². The maximum atomic E-state index is 13.7. The first-order chi connectivity index (χ1) is 9.06. The molecule has 1 N–H and O–H groups in total. The Bertz CT molecular complexity index is 700. The number of nitrogens with one attached hydrogen (secondary N) is 1. The highest BCUT2D eigenvalue weighted by Crippen LogP contribution is 2.32. The lowest BCUT2D eigenvalue weighted by Gasteiger charge is -2.07. The lowest BCUT2D eigenvalue weighted by Crippen LogP contribution is -2.12. The zero-order chi connectivity index (χ0) is 13.6. The molecular formula is C14H8ClF2NO. The minimum absolute atomic E-state index is 0.214. The van der Waals surface area contributed by atoms with Crippen LogP contribution in [-0.4, -0.2) is 5.91 Å². The molecule has 3 rings (SSSR count). The molecule has 0 aliphatic carbocycles. The van der Waals surface area contributed by atoms with Gasteiger partial charge >= 0.3 is 0 Å². The third-order valence-corrected chi connectivity index (χ3v) is 3.45. The molecule has 0 spiro atoms. The summed E-state index contributed by atoms with van der Waals surface area (Å²) in [5.41, 5.74) is 1.81. The number of fused-ring (bicyclic) bond motifs is 1. The molecule has 0 fully saturated rings. The largest absolute Gasteiger partial charge is 0.348 e. The van der Waals surface area contributed by atoms with Crippen LogP contribution in [0.1, 0.15) is 15.9 Å². The van der Waals surface area contributed by atoms with Crippen LogP contribution in [0.4, 0.5) is 8.78 Å². The molecular weight excluding hydrogens is 272 g/mol. The molecule has 0 radical (unpaired) electrons. The molecule has 0 saturated heterocycles. The second-order valence-electron chi connectivity index (χ2n) is 4.29. The van der Waals surface area contributed by atoms with Crippen molar-refractivity contribution in [1.82, 2.24) is 5.32 Å². The summed E-state index contributed by atoms with van der Waals surface area (Å²) in [6, 6.07) is 6.45. The molecule has 1 amide bonds. The van der Waals surface area contributed by atoms with Gasteiger partial charge in [-0.2, -0.15) is 0 Å². The van der Waals surface area contributed by atoms with Crippen molar-refractivity contribution in [3.05, 3.63) is 58.1 Å². The van der Waals surface area contributed by atoms with Gasteiger partial charge in [-0.25, -0.2) is 8.78 Å². The Morgan fingerprint density at radius 3 is 2.63 bits per heavy atom. The average Bonchev–Trinajstić information content (AvgIpc) is 2.72. The molecule has 0 unspecified atom stereocenters. The first-order valence-corrected chi connectivity index (χ1v) is 6.00. The lowest BCUT2D eigenvalue weighted by molar-refractivity contribution is 0.0966. The molecule has 0 aromatic heterocycles. The van der Waals surface area contributed by atoms with Crippen LogP contribution in [0.25, 0.3) is 11.1 Å². The zero-order valence-corrected chi connectivity index (χ0v) is 10.4. The second kappa shape index (κ2) is 4.31. The molecule has 96 valence electrons. The summed E-state index contributed by atoms with van der Waals surface area (Å²) in [6.07, 6.45) is 0. The van der Waals surface area contributed by atoms with Crippen LogP contribution in [0.3, 0.4) is 0 Å². The number of carbonyl (C=O) groups is 1. The van der Waals surface area contributed by atoms with Gasteiger partial charge in [0.2, 0.25) is 0 Å². The van der Waals surface area contributed by atoms with Gasteiger partial charge in [0.25, 0.3) is 5.91 Å². The third kappa shape index (κ3) is 1.98. The van der Waals surface area contributed by atoms with Gasteiger partial charge < -0.3 is 5.32 Å². The number of carbonyl (C=O) groups excluding carboxylic acids is 1. The SMILES string of the molecule is O=C1NCc2c(Cl)cc(-c3ccc(F)cc3F)cc21. The molecule has 5 heteroatoms. The summed E-state index contributed by atoms with van der Waals surface area (Å²) in [6.45, 7) is 0.374. The van der Waals surface area contributed by atoms with Crippen LogP contribution < -0.4 is 5.32 Å². The topological polar surface area (TPSA) is 29.1 Å². The van der Waals surface area contributed by atoms with E-state index in [-0.39, 0.29) is 11.5 Å². The standard InChI is InChI=1S/C14H8ClF2NO/c15-12-4-7(3-10-11(12)6-18-14(10)19)9-2-1-8(16)5-13(9)17/h1-5H,6H2,(H,18,19). The molecule has 2 aromatic rings. The van der Waals surface area contributed by atoms with E-state index in [9.17, 15) is 13.6 Å². The minimum Gasteiger partial charge on any atom is -0.348 e. The summed E-state index contributed by atoms with van der Waals surface area (Å²) in [5.74, 6) is -1.57. The van der Waals surface area contributed by atoms with Gasteiger partial charge in [-0.3, -0.25) is 4.79 Å². The Morgan fingerprint density at radius 2 is 1.89 bits per heavy atom. The van der Waals surface area contributed by atoms with Crippen LogP contribution in [0, 0.1) is 11.6 Å². The first-order valence-electron chi connectivity index (χ1n) is 5.62. The van der Waals surface area contributed by atoms with Crippen LogP contribution in [0.2, 0.25) is 5.02 Å². The Labute approximate surface area is 113 Å². The smallest absolute Gasteiger partial charge is 0.251 e. The van der Waals surface area contributed by atoms with E-state index in [1.54, 1.807) is 12.1 Å². The molecule has 1 aliphatic heterocycles. The fourth-order valence-corrected chi connectivity index (χ4v) is 2.45. The number of benzene rings is 2. The molecule has 1 aliphatic rings. The van der Waals surface area contributed by atoms with Gasteiger partial charge in [0.15, 0.2) is 0 Å².